The molecule has 1 rings (SSSR count). The molecular weight excluding hydrogens is 166 g/mol. The van der Waals surface area contributed by atoms with Crippen molar-refractivity contribution in [3.63, 3.8) is 0 Å². The highest BCUT2D eigenvalue weighted by Gasteiger charge is 2.07. The molecule has 1 aromatic rings. The maximum absolute atomic E-state index is 8.82. The Balaban J connectivity index is 2.63. The van der Waals surface area contributed by atoms with Gasteiger partial charge in [0.05, 0.1) is 18.8 Å². The molecule has 74 valence electrons. The van der Waals surface area contributed by atoms with E-state index in [1.54, 1.807) is 6.20 Å². The quantitative estimate of drug-likeness (QED) is 0.715. The lowest BCUT2D eigenvalue weighted by Gasteiger charge is -2.05. The third-order valence-corrected chi connectivity index (χ3v) is 1.83. The van der Waals surface area contributed by atoms with E-state index in [0.717, 1.165) is 12.1 Å². The highest BCUT2D eigenvalue weighted by atomic mass is 16.3. The van der Waals surface area contributed by atoms with Crippen LogP contribution >= 0.6 is 0 Å². The van der Waals surface area contributed by atoms with Crippen LogP contribution in [-0.4, -0.2) is 21.5 Å². The molecule has 1 atom stereocenters. The lowest BCUT2D eigenvalue weighted by Crippen LogP contribution is -2.13. The van der Waals surface area contributed by atoms with E-state index < -0.39 is 0 Å². The van der Waals surface area contributed by atoms with Gasteiger partial charge in [-0.15, -0.1) is 0 Å². The van der Waals surface area contributed by atoms with Crippen molar-refractivity contribution < 1.29 is 5.11 Å². The Morgan fingerprint density at radius 3 is 2.85 bits per heavy atom. The SMILES string of the molecule is CC(C)Cn1cc(C(N)CO)cn1. The fraction of sp³-hybridized carbons (Fsp3) is 0.667. The van der Waals surface area contributed by atoms with E-state index in [4.69, 9.17) is 10.8 Å². The number of rotatable bonds is 4. The number of aliphatic hydroxyl groups excluding tert-OH is 1. The normalized spacial score (nSPS) is 13.6. The van der Waals surface area contributed by atoms with Crippen molar-refractivity contribution in [1.29, 1.82) is 0 Å². The highest BCUT2D eigenvalue weighted by molar-refractivity contribution is 5.09. The molecule has 0 saturated heterocycles. The van der Waals surface area contributed by atoms with E-state index >= 15 is 0 Å². The third-order valence-electron chi connectivity index (χ3n) is 1.83. The topological polar surface area (TPSA) is 64.1 Å². The van der Waals surface area contributed by atoms with E-state index in [1.165, 1.54) is 0 Å². The smallest absolute Gasteiger partial charge is 0.0625 e. The predicted molar refractivity (Wildman–Crippen MR) is 51.1 cm³/mol. The van der Waals surface area contributed by atoms with Crippen LogP contribution < -0.4 is 5.73 Å². The second-order valence-electron chi connectivity index (χ2n) is 3.68. The Morgan fingerprint density at radius 1 is 1.62 bits per heavy atom. The molecular formula is C9H17N3O. The van der Waals surface area contributed by atoms with Gasteiger partial charge >= 0.3 is 0 Å². The van der Waals surface area contributed by atoms with Gasteiger partial charge in [0.1, 0.15) is 0 Å². The summed E-state index contributed by atoms with van der Waals surface area (Å²) in [5, 5.41) is 13.0. The summed E-state index contributed by atoms with van der Waals surface area (Å²) in [7, 11) is 0. The molecule has 0 aromatic carbocycles. The van der Waals surface area contributed by atoms with E-state index in [2.05, 4.69) is 18.9 Å². The Morgan fingerprint density at radius 2 is 2.31 bits per heavy atom. The van der Waals surface area contributed by atoms with Crippen LogP contribution in [0.25, 0.3) is 0 Å². The van der Waals surface area contributed by atoms with Crippen LogP contribution in [0.2, 0.25) is 0 Å². The van der Waals surface area contributed by atoms with Gasteiger partial charge in [-0.1, -0.05) is 13.8 Å². The summed E-state index contributed by atoms with van der Waals surface area (Å²) in [6.45, 7) is 5.12. The lowest BCUT2D eigenvalue weighted by atomic mass is 10.2. The van der Waals surface area contributed by atoms with Crippen LogP contribution in [0.5, 0.6) is 0 Å². The summed E-state index contributed by atoms with van der Waals surface area (Å²) >= 11 is 0. The van der Waals surface area contributed by atoms with Gasteiger partial charge in [0.25, 0.3) is 0 Å². The van der Waals surface area contributed by atoms with Gasteiger partial charge in [-0.2, -0.15) is 5.10 Å². The second-order valence-corrected chi connectivity index (χ2v) is 3.68. The fourth-order valence-corrected chi connectivity index (χ4v) is 1.15. The highest BCUT2D eigenvalue weighted by Crippen LogP contribution is 2.08. The number of nitrogens with zero attached hydrogens (tertiary/aromatic N) is 2. The molecule has 0 spiro atoms. The van der Waals surface area contributed by atoms with Crippen molar-refractivity contribution in [3.8, 4) is 0 Å². The first-order valence-electron chi connectivity index (χ1n) is 4.52. The monoisotopic (exact) mass is 183 g/mol. The largest absolute Gasteiger partial charge is 0.394 e. The van der Waals surface area contributed by atoms with Crippen LogP contribution in [-0.2, 0) is 6.54 Å². The van der Waals surface area contributed by atoms with E-state index in [0.29, 0.717) is 5.92 Å². The van der Waals surface area contributed by atoms with Gasteiger partial charge in [-0.3, -0.25) is 4.68 Å². The van der Waals surface area contributed by atoms with Crippen molar-refractivity contribution in [2.24, 2.45) is 11.7 Å². The first-order valence-corrected chi connectivity index (χ1v) is 4.52. The Hall–Kier alpha value is -0.870. The molecule has 1 aromatic heterocycles. The molecule has 4 nitrogen and oxygen atoms in total. The second kappa shape index (κ2) is 4.39. The van der Waals surface area contributed by atoms with E-state index in [1.807, 2.05) is 10.9 Å². The van der Waals surface area contributed by atoms with Crippen molar-refractivity contribution in [2.45, 2.75) is 26.4 Å². The van der Waals surface area contributed by atoms with Crippen molar-refractivity contribution >= 4 is 0 Å². The molecule has 1 heterocycles. The van der Waals surface area contributed by atoms with Crippen LogP contribution in [0.15, 0.2) is 12.4 Å². The van der Waals surface area contributed by atoms with Crippen molar-refractivity contribution in [1.82, 2.24) is 9.78 Å². The summed E-state index contributed by atoms with van der Waals surface area (Å²) in [6.07, 6.45) is 3.60. The first kappa shape index (κ1) is 10.2. The minimum atomic E-state index is -0.305. The average Bonchev–Trinajstić information content (AvgIpc) is 2.50. The summed E-state index contributed by atoms with van der Waals surface area (Å²) in [4.78, 5) is 0. The van der Waals surface area contributed by atoms with E-state index in [9.17, 15) is 0 Å². The van der Waals surface area contributed by atoms with Crippen LogP contribution in [0.4, 0.5) is 0 Å². The molecule has 0 radical (unpaired) electrons. The van der Waals surface area contributed by atoms with E-state index in [-0.39, 0.29) is 12.6 Å². The molecule has 3 N–H and O–H groups in total. The molecule has 0 aliphatic carbocycles. The summed E-state index contributed by atoms with van der Waals surface area (Å²) in [6, 6.07) is -0.305. The number of hydrogen-bond donors (Lipinski definition) is 2. The van der Waals surface area contributed by atoms with Crippen LogP contribution in [0.3, 0.4) is 0 Å². The fourth-order valence-electron chi connectivity index (χ4n) is 1.15. The summed E-state index contributed by atoms with van der Waals surface area (Å²) < 4.78 is 1.86. The van der Waals surface area contributed by atoms with Gasteiger partial charge in [-0.05, 0) is 5.92 Å². The summed E-state index contributed by atoms with van der Waals surface area (Å²) in [5.41, 5.74) is 6.53. The van der Waals surface area contributed by atoms with Gasteiger partial charge in [0, 0.05) is 18.3 Å². The maximum atomic E-state index is 8.82. The Bertz CT molecular complexity index is 257. The lowest BCUT2D eigenvalue weighted by molar-refractivity contribution is 0.268. The number of aromatic nitrogens is 2. The van der Waals surface area contributed by atoms with Crippen molar-refractivity contribution in [3.05, 3.63) is 18.0 Å². The molecule has 0 aliphatic rings. The molecule has 0 fully saturated rings. The number of aliphatic hydroxyl groups is 1. The first-order chi connectivity index (χ1) is 6.13. The maximum Gasteiger partial charge on any atom is 0.0625 e. The number of hydrogen-bond acceptors (Lipinski definition) is 3. The molecule has 0 aliphatic heterocycles. The third kappa shape index (κ3) is 2.82. The Kier molecular flexibility index (Phi) is 3.45. The summed E-state index contributed by atoms with van der Waals surface area (Å²) in [5.74, 6) is 0.568. The predicted octanol–water partition coefficient (Wildman–Crippen LogP) is 0.531. The van der Waals surface area contributed by atoms with Gasteiger partial charge < -0.3 is 10.8 Å². The Labute approximate surface area is 78.4 Å². The number of nitrogens with two attached hydrogens (primary N) is 1. The zero-order valence-corrected chi connectivity index (χ0v) is 8.14. The van der Waals surface area contributed by atoms with Gasteiger partial charge in [-0.25, -0.2) is 0 Å². The molecule has 0 amide bonds. The molecule has 13 heavy (non-hydrogen) atoms. The minimum Gasteiger partial charge on any atom is -0.394 e. The molecule has 0 bridgehead atoms. The molecule has 4 heteroatoms. The zero-order chi connectivity index (χ0) is 9.84. The van der Waals surface area contributed by atoms with Crippen LogP contribution in [0, 0.1) is 5.92 Å². The van der Waals surface area contributed by atoms with Gasteiger partial charge in [0.15, 0.2) is 0 Å². The zero-order valence-electron chi connectivity index (χ0n) is 8.14. The standard InChI is InChI=1S/C9H17N3O/c1-7(2)4-12-5-8(3-11-12)9(10)6-13/h3,5,7,9,13H,4,6,10H2,1-2H3. The molecule has 0 saturated carbocycles. The minimum absolute atomic E-state index is 0.0344. The average molecular weight is 183 g/mol. The van der Waals surface area contributed by atoms with Crippen LogP contribution in [0.1, 0.15) is 25.5 Å². The van der Waals surface area contributed by atoms with Crippen molar-refractivity contribution in [2.75, 3.05) is 6.61 Å². The van der Waals surface area contributed by atoms with Gasteiger partial charge in [0.2, 0.25) is 0 Å². The molecule has 1 unspecified atom stereocenters.